The molecule has 0 amide bonds. The molecule has 0 fully saturated rings. The van der Waals surface area contributed by atoms with E-state index in [2.05, 4.69) is 16.2 Å². The predicted molar refractivity (Wildman–Crippen MR) is 68.9 cm³/mol. The molecule has 5 nitrogen and oxygen atoms in total. The van der Waals surface area contributed by atoms with E-state index in [4.69, 9.17) is 4.98 Å². The molecule has 2 aliphatic heterocycles. The number of hydrogen-bond donors (Lipinski definition) is 4. The molecule has 1 aromatic carbocycles. The topological polar surface area (TPSA) is 69.2 Å². The Morgan fingerprint density at radius 3 is 3.22 bits per heavy atom. The molecule has 0 bridgehead atoms. The fourth-order valence-electron chi connectivity index (χ4n) is 2.85. The molecule has 0 spiro atoms. The highest BCUT2D eigenvalue weighted by Crippen LogP contribution is 2.36. The van der Waals surface area contributed by atoms with Crippen molar-refractivity contribution in [2.75, 3.05) is 12.0 Å². The number of hydrogen-bond acceptors (Lipinski definition) is 5. The zero-order valence-electron chi connectivity index (χ0n) is 9.83. The van der Waals surface area contributed by atoms with Gasteiger partial charge in [0.05, 0.1) is 16.9 Å². The molecule has 18 heavy (non-hydrogen) atoms. The van der Waals surface area contributed by atoms with Gasteiger partial charge in [0, 0.05) is 23.1 Å². The summed E-state index contributed by atoms with van der Waals surface area (Å²) in [7, 11) is 0. The van der Waals surface area contributed by atoms with Gasteiger partial charge >= 0.3 is 0 Å². The van der Waals surface area contributed by atoms with Gasteiger partial charge in [-0.15, -0.1) is 0 Å². The third-order valence-electron chi connectivity index (χ3n) is 3.70. The van der Waals surface area contributed by atoms with Crippen LogP contribution in [0.5, 0.6) is 0 Å². The van der Waals surface area contributed by atoms with Crippen molar-refractivity contribution in [1.29, 1.82) is 0 Å². The summed E-state index contributed by atoms with van der Waals surface area (Å²) in [5.41, 5.74) is 11.3. The fraction of sp³-hybridized carbons (Fsp3) is 0.308. The lowest BCUT2D eigenvalue weighted by Crippen LogP contribution is -2.34. The highest BCUT2D eigenvalue weighted by molar-refractivity contribution is 5.97. The number of anilines is 1. The first-order chi connectivity index (χ1) is 8.84. The van der Waals surface area contributed by atoms with Gasteiger partial charge in [0.15, 0.2) is 0 Å². The van der Waals surface area contributed by atoms with E-state index in [1.807, 2.05) is 18.2 Å². The van der Waals surface area contributed by atoms with Gasteiger partial charge in [-0.05, 0) is 19.0 Å². The van der Waals surface area contributed by atoms with E-state index in [1.54, 1.807) is 0 Å². The van der Waals surface area contributed by atoms with Crippen molar-refractivity contribution < 1.29 is 5.11 Å². The van der Waals surface area contributed by atoms with Crippen LogP contribution in [0.2, 0.25) is 0 Å². The van der Waals surface area contributed by atoms with Crippen molar-refractivity contribution in [3.63, 3.8) is 0 Å². The van der Waals surface area contributed by atoms with Crippen LogP contribution in [-0.4, -0.2) is 16.6 Å². The van der Waals surface area contributed by atoms with Crippen molar-refractivity contribution in [3.8, 4) is 0 Å². The molecule has 1 unspecified atom stereocenters. The van der Waals surface area contributed by atoms with E-state index >= 15 is 0 Å². The van der Waals surface area contributed by atoms with Gasteiger partial charge in [-0.2, -0.15) is 0 Å². The molecular formula is C13H14N4O. The molecule has 4 N–H and O–H groups in total. The number of nitrogens with one attached hydrogen (secondary N) is 3. The van der Waals surface area contributed by atoms with E-state index < -0.39 is 6.23 Å². The average molecular weight is 242 g/mol. The average Bonchev–Trinajstić information content (AvgIpc) is 2.42. The number of hydrazine groups is 1. The van der Waals surface area contributed by atoms with E-state index in [1.165, 1.54) is 5.56 Å². The van der Waals surface area contributed by atoms with Crippen LogP contribution in [0, 0.1) is 0 Å². The molecule has 0 aliphatic carbocycles. The van der Waals surface area contributed by atoms with Crippen LogP contribution in [0.25, 0.3) is 10.9 Å². The second kappa shape index (κ2) is 3.65. The summed E-state index contributed by atoms with van der Waals surface area (Å²) < 4.78 is 0. The minimum absolute atomic E-state index is 0.678. The maximum absolute atomic E-state index is 9.96. The van der Waals surface area contributed by atoms with E-state index in [0.717, 1.165) is 47.4 Å². The summed E-state index contributed by atoms with van der Waals surface area (Å²) in [6.07, 6.45) is 0.287. The molecule has 5 heteroatoms. The number of benzene rings is 1. The van der Waals surface area contributed by atoms with Crippen LogP contribution < -0.4 is 16.2 Å². The van der Waals surface area contributed by atoms with Crippen LogP contribution in [0.1, 0.15) is 23.0 Å². The third-order valence-corrected chi connectivity index (χ3v) is 3.70. The molecule has 0 saturated carbocycles. The van der Waals surface area contributed by atoms with E-state index in [-0.39, 0.29) is 0 Å². The number of aliphatic hydroxyl groups excluding tert-OH is 1. The van der Waals surface area contributed by atoms with Gasteiger partial charge in [0.25, 0.3) is 0 Å². The highest BCUT2D eigenvalue weighted by atomic mass is 16.3. The first-order valence-corrected chi connectivity index (χ1v) is 6.19. The lowest BCUT2D eigenvalue weighted by atomic mass is 9.96. The molecule has 0 saturated heterocycles. The van der Waals surface area contributed by atoms with Crippen LogP contribution in [0.15, 0.2) is 18.2 Å². The first kappa shape index (κ1) is 10.3. The van der Waals surface area contributed by atoms with Gasteiger partial charge < -0.3 is 15.8 Å². The maximum atomic E-state index is 9.96. The van der Waals surface area contributed by atoms with E-state index in [0.29, 0.717) is 0 Å². The van der Waals surface area contributed by atoms with Crippen molar-refractivity contribution in [1.82, 2.24) is 15.7 Å². The zero-order valence-corrected chi connectivity index (χ0v) is 9.83. The maximum Gasteiger partial charge on any atom is 0.147 e. The third kappa shape index (κ3) is 1.29. The summed E-state index contributed by atoms with van der Waals surface area (Å²) in [5, 5.41) is 14.3. The van der Waals surface area contributed by atoms with Crippen LogP contribution in [-0.2, 0) is 13.0 Å². The van der Waals surface area contributed by atoms with Crippen molar-refractivity contribution in [2.24, 2.45) is 0 Å². The molecule has 1 aromatic heterocycles. The largest absolute Gasteiger partial charge is 0.373 e. The Labute approximate surface area is 104 Å². The second-order valence-corrected chi connectivity index (χ2v) is 4.75. The Hall–Kier alpha value is -1.69. The molecule has 2 aliphatic rings. The Morgan fingerprint density at radius 2 is 2.28 bits per heavy atom. The molecular weight excluding hydrogens is 228 g/mol. The quantitative estimate of drug-likeness (QED) is 0.550. The minimum atomic E-state index is -0.678. The van der Waals surface area contributed by atoms with Gasteiger partial charge in [0.1, 0.15) is 6.23 Å². The van der Waals surface area contributed by atoms with Crippen molar-refractivity contribution in [2.45, 2.75) is 19.2 Å². The Balaban J connectivity index is 2.11. The van der Waals surface area contributed by atoms with Gasteiger partial charge in [-0.1, -0.05) is 12.1 Å². The number of aliphatic hydroxyl groups is 1. The number of rotatable bonds is 0. The second-order valence-electron chi connectivity index (χ2n) is 4.75. The predicted octanol–water partition coefficient (Wildman–Crippen LogP) is 0.801. The summed E-state index contributed by atoms with van der Waals surface area (Å²) >= 11 is 0. The van der Waals surface area contributed by atoms with Gasteiger partial charge in [-0.3, -0.25) is 4.98 Å². The zero-order chi connectivity index (χ0) is 12.1. The first-order valence-electron chi connectivity index (χ1n) is 6.19. The van der Waals surface area contributed by atoms with Gasteiger partial charge in [0.2, 0.25) is 0 Å². The highest BCUT2D eigenvalue weighted by Gasteiger charge is 2.25. The molecule has 2 aromatic rings. The summed E-state index contributed by atoms with van der Waals surface area (Å²) in [6.45, 7) is 1.78. The monoisotopic (exact) mass is 242 g/mol. The van der Waals surface area contributed by atoms with Crippen LogP contribution in [0.4, 0.5) is 5.69 Å². The van der Waals surface area contributed by atoms with E-state index in [9.17, 15) is 5.11 Å². The van der Waals surface area contributed by atoms with Crippen LogP contribution in [0.3, 0.4) is 0 Å². The number of fused-ring (bicyclic) bond motifs is 2. The molecule has 4 rings (SSSR count). The summed E-state index contributed by atoms with van der Waals surface area (Å²) in [6, 6.07) is 5.88. The standard InChI is InChI=1S/C13H14N4O/c18-13-8-2-1-3-9-11(8)12(16-17-13)7-4-5-14-6-10(7)15-9/h1-3,13-14,16-18H,4-6H2. The lowest BCUT2D eigenvalue weighted by molar-refractivity contribution is 0.148. The molecule has 92 valence electrons. The Bertz CT molecular complexity index is 640. The molecule has 0 radical (unpaired) electrons. The lowest BCUT2D eigenvalue weighted by Gasteiger charge is -2.29. The van der Waals surface area contributed by atoms with Gasteiger partial charge in [-0.25, -0.2) is 5.43 Å². The number of nitrogens with zero attached hydrogens (tertiary/aromatic N) is 1. The Morgan fingerprint density at radius 1 is 1.33 bits per heavy atom. The fourth-order valence-corrected chi connectivity index (χ4v) is 2.85. The van der Waals surface area contributed by atoms with Crippen molar-refractivity contribution in [3.05, 3.63) is 35.0 Å². The molecule has 3 heterocycles. The minimum Gasteiger partial charge on any atom is -0.373 e. The molecule has 1 atom stereocenters. The number of pyridine rings is 1. The normalized spacial score (nSPS) is 21.5. The number of aromatic nitrogens is 1. The smallest absolute Gasteiger partial charge is 0.147 e. The van der Waals surface area contributed by atoms with Crippen LogP contribution >= 0.6 is 0 Å². The Kier molecular flexibility index (Phi) is 2.08. The summed E-state index contributed by atoms with van der Waals surface area (Å²) in [4.78, 5) is 4.71. The SMILES string of the molecule is OC1NNc2c3c(nc4cccc1c24)CNCC3. The summed E-state index contributed by atoms with van der Waals surface area (Å²) in [5.74, 6) is 0. The van der Waals surface area contributed by atoms with Crippen molar-refractivity contribution >= 4 is 16.6 Å².